The molecule has 2 aromatic rings. The van der Waals surface area contributed by atoms with Crippen LogP contribution in [0.4, 0.5) is 5.82 Å². The summed E-state index contributed by atoms with van der Waals surface area (Å²) in [6.45, 7) is 3.35. The highest BCUT2D eigenvalue weighted by atomic mass is 16.5. The van der Waals surface area contributed by atoms with Crippen molar-refractivity contribution in [2.24, 2.45) is 0 Å². The fraction of sp³-hybridized carbons (Fsp3) is 0.471. The highest BCUT2D eigenvalue weighted by Gasteiger charge is 2.30. The number of carbonyl (C=O) groups is 1. The fourth-order valence-corrected chi connectivity index (χ4v) is 3.37. The van der Waals surface area contributed by atoms with E-state index in [2.05, 4.69) is 20.1 Å². The molecule has 126 valence electrons. The Morgan fingerprint density at radius 2 is 2.08 bits per heavy atom. The molecule has 7 nitrogen and oxygen atoms in total. The zero-order valence-electron chi connectivity index (χ0n) is 13.5. The number of hydrogen-bond donors (Lipinski definition) is 1. The maximum atomic E-state index is 12.4. The molecule has 0 spiro atoms. The minimum absolute atomic E-state index is 0.00224. The van der Waals surface area contributed by atoms with Crippen LogP contribution in [-0.2, 0) is 0 Å². The number of nitrogens with one attached hydrogen (secondary N) is 1. The number of ether oxygens (including phenoxy) is 1. The summed E-state index contributed by atoms with van der Waals surface area (Å²) in [5, 5.41) is 6.57. The van der Waals surface area contributed by atoms with Crippen molar-refractivity contribution in [2.45, 2.75) is 25.4 Å². The molecule has 1 amide bonds. The van der Waals surface area contributed by atoms with Gasteiger partial charge >= 0.3 is 0 Å². The zero-order valence-corrected chi connectivity index (χ0v) is 13.5. The summed E-state index contributed by atoms with van der Waals surface area (Å²) in [6, 6.07) is 5.57. The summed E-state index contributed by atoms with van der Waals surface area (Å²) in [7, 11) is 0. The molecule has 0 radical (unpaired) electrons. The predicted molar refractivity (Wildman–Crippen MR) is 89.2 cm³/mol. The summed E-state index contributed by atoms with van der Waals surface area (Å²) in [5.41, 5.74) is 0.523. The average molecular weight is 327 g/mol. The van der Waals surface area contributed by atoms with Crippen molar-refractivity contribution < 1.29 is 9.53 Å². The quantitative estimate of drug-likeness (QED) is 0.925. The molecule has 4 rings (SSSR count). The first kappa shape index (κ1) is 15.0. The molecule has 2 fully saturated rings. The Balaban J connectivity index is 1.43. The van der Waals surface area contributed by atoms with Crippen LogP contribution in [-0.4, -0.2) is 58.3 Å². The summed E-state index contributed by atoms with van der Waals surface area (Å²) >= 11 is 0. The maximum Gasteiger partial charge on any atom is 0.271 e. The number of H-pyrrole nitrogens is 1. The van der Waals surface area contributed by atoms with E-state index in [0.717, 1.165) is 31.1 Å². The third-order valence-corrected chi connectivity index (χ3v) is 4.61. The third kappa shape index (κ3) is 2.93. The molecule has 2 aliphatic rings. The van der Waals surface area contributed by atoms with Crippen LogP contribution in [0.2, 0.25) is 0 Å². The summed E-state index contributed by atoms with van der Waals surface area (Å²) in [5.74, 6) is 1.72. The minimum atomic E-state index is -0.0236. The van der Waals surface area contributed by atoms with Crippen LogP contribution in [0.15, 0.2) is 30.6 Å². The van der Waals surface area contributed by atoms with E-state index >= 15 is 0 Å². The van der Waals surface area contributed by atoms with Crippen molar-refractivity contribution in [3.63, 3.8) is 0 Å². The second-order valence-electron chi connectivity index (χ2n) is 6.27. The Labute approximate surface area is 140 Å². The number of amides is 1. The van der Waals surface area contributed by atoms with Gasteiger partial charge in [-0.2, -0.15) is 5.10 Å². The van der Waals surface area contributed by atoms with Gasteiger partial charge in [-0.3, -0.25) is 9.89 Å². The van der Waals surface area contributed by atoms with Crippen LogP contribution in [0.5, 0.6) is 5.75 Å². The second kappa shape index (κ2) is 6.51. The van der Waals surface area contributed by atoms with Crippen LogP contribution in [0.25, 0.3) is 0 Å². The SMILES string of the molecule is O=C(c1ccn[nH]1)N1CCC(Oc2cccnc2N2CCCC2)C1. The number of hydrogen-bond acceptors (Lipinski definition) is 5. The molecule has 0 saturated carbocycles. The lowest BCUT2D eigenvalue weighted by molar-refractivity contribution is 0.0766. The predicted octanol–water partition coefficient (Wildman–Crippen LogP) is 1.70. The van der Waals surface area contributed by atoms with Crippen molar-refractivity contribution >= 4 is 11.7 Å². The van der Waals surface area contributed by atoms with Crippen LogP contribution in [0, 0.1) is 0 Å². The third-order valence-electron chi connectivity index (χ3n) is 4.61. The van der Waals surface area contributed by atoms with Gasteiger partial charge < -0.3 is 14.5 Å². The Kier molecular flexibility index (Phi) is 4.06. The zero-order chi connectivity index (χ0) is 16.4. The molecular formula is C17H21N5O2. The molecule has 2 aliphatic heterocycles. The van der Waals surface area contributed by atoms with Crippen molar-refractivity contribution in [1.29, 1.82) is 0 Å². The fourth-order valence-electron chi connectivity index (χ4n) is 3.37. The lowest BCUT2D eigenvalue weighted by atomic mass is 10.3. The van der Waals surface area contributed by atoms with E-state index < -0.39 is 0 Å². The van der Waals surface area contributed by atoms with E-state index in [0.29, 0.717) is 18.8 Å². The molecule has 2 aromatic heterocycles. The van der Waals surface area contributed by atoms with Gasteiger partial charge in [0.25, 0.3) is 5.91 Å². The number of carbonyl (C=O) groups excluding carboxylic acids is 1. The molecule has 2 saturated heterocycles. The van der Waals surface area contributed by atoms with Gasteiger partial charge in [-0.15, -0.1) is 0 Å². The van der Waals surface area contributed by atoms with Crippen LogP contribution < -0.4 is 9.64 Å². The molecule has 4 heterocycles. The van der Waals surface area contributed by atoms with E-state index in [1.54, 1.807) is 12.3 Å². The minimum Gasteiger partial charge on any atom is -0.485 e. The van der Waals surface area contributed by atoms with Crippen LogP contribution in [0.1, 0.15) is 29.8 Å². The molecule has 0 bridgehead atoms. The largest absolute Gasteiger partial charge is 0.485 e. The molecule has 0 aliphatic carbocycles. The molecule has 24 heavy (non-hydrogen) atoms. The Bertz CT molecular complexity index is 697. The lowest BCUT2D eigenvalue weighted by Gasteiger charge is -2.22. The first-order valence-corrected chi connectivity index (χ1v) is 8.46. The maximum absolute atomic E-state index is 12.4. The Hall–Kier alpha value is -2.57. The lowest BCUT2D eigenvalue weighted by Crippen LogP contribution is -2.31. The number of rotatable bonds is 4. The molecule has 1 N–H and O–H groups in total. The van der Waals surface area contributed by atoms with Crippen molar-refractivity contribution in [2.75, 3.05) is 31.1 Å². The van der Waals surface area contributed by atoms with Crippen LogP contribution in [0.3, 0.4) is 0 Å². The van der Waals surface area contributed by atoms with Gasteiger partial charge in [0.1, 0.15) is 11.8 Å². The number of pyridine rings is 1. The van der Waals surface area contributed by atoms with Gasteiger partial charge in [0.2, 0.25) is 0 Å². The van der Waals surface area contributed by atoms with E-state index in [1.807, 2.05) is 23.2 Å². The standard InChI is InChI=1S/C17H21N5O2/c23-17(14-5-8-19-20-14)22-11-6-13(12-22)24-15-4-3-7-18-16(15)21-9-1-2-10-21/h3-5,7-8,13H,1-2,6,9-12H2,(H,19,20). The van der Waals surface area contributed by atoms with E-state index in [4.69, 9.17) is 4.74 Å². The van der Waals surface area contributed by atoms with E-state index in [9.17, 15) is 4.79 Å². The Morgan fingerprint density at radius 1 is 1.21 bits per heavy atom. The van der Waals surface area contributed by atoms with E-state index in [1.165, 1.54) is 12.8 Å². The first-order chi connectivity index (χ1) is 11.8. The summed E-state index contributed by atoms with van der Waals surface area (Å²) in [4.78, 5) is 21.0. The van der Waals surface area contributed by atoms with Crippen molar-refractivity contribution in [1.82, 2.24) is 20.1 Å². The molecule has 1 atom stereocenters. The molecular weight excluding hydrogens is 306 g/mol. The first-order valence-electron chi connectivity index (χ1n) is 8.46. The highest BCUT2D eigenvalue weighted by Crippen LogP contribution is 2.30. The van der Waals surface area contributed by atoms with Gasteiger partial charge in [-0.25, -0.2) is 4.98 Å². The van der Waals surface area contributed by atoms with Crippen molar-refractivity contribution in [3.8, 4) is 5.75 Å². The van der Waals surface area contributed by atoms with Gasteiger partial charge in [-0.1, -0.05) is 0 Å². The van der Waals surface area contributed by atoms with Gasteiger partial charge in [0.05, 0.1) is 6.54 Å². The van der Waals surface area contributed by atoms with Gasteiger partial charge in [0.15, 0.2) is 11.6 Å². The molecule has 7 heteroatoms. The topological polar surface area (TPSA) is 74.3 Å². The Morgan fingerprint density at radius 3 is 2.88 bits per heavy atom. The summed E-state index contributed by atoms with van der Waals surface area (Å²) < 4.78 is 6.19. The summed E-state index contributed by atoms with van der Waals surface area (Å²) in [6.07, 6.45) is 6.63. The number of aromatic amines is 1. The molecule has 1 unspecified atom stereocenters. The number of anilines is 1. The number of nitrogens with zero attached hydrogens (tertiary/aromatic N) is 4. The van der Waals surface area contributed by atoms with Gasteiger partial charge in [0, 0.05) is 38.4 Å². The molecule has 0 aromatic carbocycles. The van der Waals surface area contributed by atoms with Gasteiger partial charge in [-0.05, 0) is 31.0 Å². The number of aromatic nitrogens is 3. The smallest absolute Gasteiger partial charge is 0.271 e. The normalized spacial score (nSPS) is 20.6. The van der Waals surface area contributed by atoms with Crippen LogP contribution >= 0.6 is 0 Å². The highest BCUT2D eigenvalue weighted by molar-refractivity contribution is 5.92. The van der Waals surface area contributed by atoms with Crippen molar-refractivity contribution in [3.05, 3.63) is 36.3 Å². The second-order valence-corrected chi connectivity index (χ2v) is 6.27. The monoisotopic (exact) mass is 327 g/mol. The number of likely N-dealkylation sites (tertiary alicyclic amines) is 1. The average Bonchev–Trinajstić information content (AvgIpc) is 3.36. The van der Waals surface area contributed by atoms with E-state index in [-0.39, 0.29) is 12.0 Å².